The van der Waals surface area contributed by atoms with Crippen molar-refractivity contribution in [3.05, 3.63) is 59.7 Å². The molecule has 2 rings (SSSR count). The van der Waals surface area contributed by atoms with E-state index in [4.69, 9.17) is 12.2 Å². The molecule has 0 spiro atoms. The molecule has 0 saturated carbocycles. The number of aryl methyl sites for hydroxylation is 1. The van der Waals surface area contributed by atoms with Gasteiger partial charge in [0.15, 0.2) is 14.9 Å². The van der Waals surface area contributed by atoms with Crippen LogP contribution in [0.2, 0.25) is 0 Å². The Hall–Kier alpha value is -1.92. The van der Waals surface area contributed by atoms with Crippen LogP contribution in [0, 0.1) is 6.92 Å². The van der Waals surface area contributed by atoms with Gasteiger partial charge in [0.1, 0.15) is 0 Å². The van der Waals surface area contributed by atoms with E-state index in [-0.39, 0.29) is 6.04 Å². The number of anilines is 1. The molecule has 24 heavy (non-hydrogen) atoms. The molecule has 0 bridgehead atoms. The van der Waals surface area contributed by atoms with E-state index in [1.807, 2.05) is 43.3 Å². The first-order valence-corrected chi connectivity index (χ1v) is 10.0. The van der Waals surface area contributed by atoms with Gasteiger partial charge in [-0.3, -0.25) is 0 Å². The molecule has 4 nitrogen and oxygen atoms in total. The van der Waals surface area contributed by atoms with Crippen LogP contribution in [0.4, 0.5) is 5.69 Å². The van der Waals surface area contributed by atoms with Crippen molar-refractivity contribution in [3.63, 3.8) is 0 Å². The van der Waals surface area contributed by atoms with Gasteiger partial charge in [-0.1, -0.05) is 31.2 Å². The number of thiocarbonyl (C=S) groups is 1. The molecule has 0 heterocycles. The Balaban J connectivity index is 2.07. The Labute approximate surface area is 149 Å². The molecule has 1 atom stereocenters. The maximum absolute atomic E-state index is 11.5. The van der Waals surface area contributed by atoms with Gasteiger partial charge in [-0.2, -0.15) is 0 Å². The van der Waals surface area contributed by atoms with Crippen molar-refractivity contribution < 1.29 is 8.42 Å². The number of benzene rings is 2. The van der Waals surface area contributed by atoms with Crippen LogP contribution in [0.5, 0.6) is 0 Å². The Morgan fingerprint density at radius 2 is 1.83 bits per heavy atom. The molecule has 0 aromatic heterocycles. The highest BCUT2D eigenvalue weighted by Crippen LogP contribution is 2.19. The van der Waals surface area contributed by atoms with Crippen LogP contribution in [0.3, 0.4) is 0 Å². The van der Waals surface area contributed by atoms with Crippen LogP contribution in [0.15, 0.2) is 53.4 Å². The second-order valence-corrected chi connectivity index (χ2v) is 8.19. The summed E-state index contributed by atoms with van der Waals surface area (Å²) in [7, 11) is -3.18. The highest BCUT2D eigenvalue weighted by molar-refractivity contribution is 7.90. The van der Waals surface area contributed by atoms with Gasteiger partial charge in [0.05, 0.1) is 10.9 Å². The first-order valence-electron chi connectivity index (χ1n) is 7.74. The number of sulfone groups is 1. The lowest BCUT2D eigenvalue weighted by Gasteiger charge is -2.20. The molecule has 0 unspecified atom stereocenters. The van der Waals surface area contributed by atoms with Gasteiger partial charge in [0, 0.05) is 11.9 Å². The zero-order chi connectivity index (χ0) is 17.7. The molecule has 0 aliphatic carbocycles. The van der Waals surface area contributed by atoms with Crippen molar-refractivity contribution in [1.82, 2.24) is 5.32 Å². The molecule has 2 N–H and O–H groups in total. The third kappa shape index (κ3) is 5.04. The zero-order valence-corrected chi connectivity index (χ0v) is 15.7. The smallest absolute Gasteiger partial charge is 0.175 e. The monoisotopic (exact) mass is 362 g/mol. The highest BCUT2D eigenvalue weighted by Gasteiger charge is 2.13. The number of hydrogen-bond acceptors (Lipinski definition) is 3. The predicted molar refractivity (Wildman–Crippen MR) is 103 cm³/mol. The number of rotatable bonds is 5. The standard InChI is InChI=1S/C18H22N2O2S2/c1-4-17(14-8-10-16(11-9-14)24(3,21)22)20-18(23)19-15-7-5-6-13(2)12-15/h5-12,17H,4H2,1-3H3,(H2,19,20,23)/t17-/m0/s1. The van der Waals surface area contributed by atoms with Crippen molar-refractivity contribution in [3.8, 4) is 0 Å². The summed E-state index contributed by atoms with van der Waals surface area (Å²) < 4.78 is 23.1. The van der Waals surface area contributed by atoms with Crippen molar-refractivity contribution >= 4 is 32.9 Å². The summed E-state index contributed by atoms with van der Waals surface area (Å²) in [6, 6.07) is 14.9. The van der Waals surface area contributed by atoms with Crippen molar-refractivity contribution in [2.24, 2.45) is 0 Å². The van der Waals surface area contributed by atoms with E-state index >= 15 is 0 Å². The van der Waals surface area contributed by atoms with Gasteiger partial charge in [0.25, 0.3) is 0 Å². The van der Waals surface area contributed by atoms with Gasteiger partial charge in [-0.05, 0) is 61.0 Å². The molecule has 0 aliphatic rings. The highest BCUT2D eigenvalue weighted by atomic mass is 32.2. The summed E-state index contributed by atoms with van der Waals surface area (Å²) in [5.74, 6) is 0. The van der Waals surface area contributed by atoms with Crippen LogP contribution >= 0.6 is 12.2 Å². The Morgan fingerprint density at radius 3 is 2.38 bits per heavy atom. The molecule has 0 saturated heterocycles. The first kappa shape index (κ1) is 18.4. The van der Waals surface area contributed by atoms with E-state index < -0.39 is 9.84 Å². The Kier molecular flexibility index (Phi) is 5.96. The summed E-state index contributed by atoms with van der Waals surface area (Å²) in [5, 5.41) is 7.00. The fraction of sp³-hybridized carbons (Fsp3) is 0.278. The molecule has 0 amide bonds. The Bertz CT molecular complexity index is 815. The number of nitrogens with one attached hydrogen (secondary N) is 2. The fourth-order valence-electron chi connectivity index (χ4n) is 2.42. The minimum Gasteiger partial charge on any atom is -0.356 e. The lowest BCUT2D eigenvalue weighted by molar-refractivity contribution is 0.601. The molecule has 0 radical (unpaired) electrons. The topological polar surface area (TPSA) is 58.2 Å². The molecule has 0 aliphatic heterocycles. The zero-order valence-electron chi connectivity index (χ0n) is 14.0. The molecule has 2 aromatic rings. The van der Waals surface area contributed by atoms with Crippen molar-refractivity contribution in [1.29, 1.82) is 0 Å². The fourth-order valence-corrected chi connectivity index (χ4v) is 3.31. The molecule has 6 heteroatoms. The van der Waals surface area contributed by atoms with Crippen molar-refractivity contribution in [2.75, 3.05) is 11.6 Å². The molecule has 128 valence electrons. The normalized spacial score (nSPS) is 12.5. The average Bonchev–Trinajstić information content (AvgIpc) is 2.52. The maximum Gasteiger partial charge on any atom is 0.175 e. The predicted octanol–water partition coefficient (Wildman–Crippen LogP) is 3.84. The van der Waals surface area contributed by atoms with Crippen LogP contribution in [-0.2, 0) is 9.84 Å². The SMILES string of the molecule is CC[C@H](NC(=S)Nc1cccc(C)c1)c1ccc(S(C)(=O)=O)cc1. The van der Waals surface area contributed by atoms with Gasteiger partial charge >= 0.3 is 0 Å². The van der Waals surface area contributed by atoms with Crippen molar-refractivity contribution in [2.45, 2.75) is 31.2 Å². The maximum atomic E-state index is 11.5. The largest absolute Gasteiger partial charge is 0.356 e. The molecule has 2 aromatic carbocycles. The van der Waals surface area contributed by atoms with Crippen LogP contribution in [-0.4, -0.2) is 19.8 Å². The average molecular weight is 363 g/mol. The van der Waals surface area contributed by atoms with E-state index in [9.17, 15) is 8.42 Å². The van der Waals surface area contributed by atoms with Gasteiger partial charge < -0.3 is 10.6 Å². The van der Waals surface area contributed by atoms with E-state index in [0.29, 0.717) is 10.0 Å². The van der Waals surface area contributed by atoms with Crippen LogP contribution < -0.4 is 10.6 Å². The lowest BCUT2D eigenvalue weighted by atomic mass is 10.1. The summed E-state index contributed by atoms with van der Waals surface area (Å²) in [6.07, 6.45) is 2.03. The first-order chi connectivity index (χ1) is 11.3. The van der Waals surface area contributed by atoms with E-state index in [1.165, 1.54) is 6.26 Å². The molecular formula is C18H22N2O2S2. The molecular weight excluding hydrogens is 340 g/mol. The van der Waals surface area contributed by atoms with Crippen LogP contribution in [0.25, 0.3) is 0 Å². The third-order valence-electron chi connectivity index (χ3n) is 3.70. The minimum absolute atomic E-state index is 0.0171. The third-order valence-corrected chi connectivity index (χ3v) is 5.05. The summed E-state index contributed by atoms with van der Waals surface area (Å²) >= 11 is 5.39. The van der Waals surface area contributed by atoms with Crippen LogP contribution in [0.1, 0.15) is 30.5 Å². The van der Waals surface area contributed by atoms with Gasteiger partial charge in [0.2, 0.25) is 0 Å². The molecule has 0 fully saturated rings. The van der Waals surface area contributed by atoms with E-state index in [0.717, 1.165) is 23.2 Å². The lowest BCUT2D eigenvalue weighted by Crippen LogP contribution is -2.32. The van der Waals surface area contributed by atoms with Gasteiger partial charge in [-0.15, -0.1) is 0 Å². The summed E-state index contributed by atoms with van der Waals surface area (Å²) in [6.45, 7) is 4.08. The second kappa shape index (κ2) is 7.77. The van der Waals surface area contributed by atoms with E-state index in [2.05, 4.69) is 17.6 Å². The van der Waals surface area contributed by atoms with E-state index in [1.54, 1.807) is 12.1 Å². The van der Waals surface area contributed by atoms with Gasteiger partial charge in [-0.25, -0.2) is 8.42 Å². The number of hydrogen-bond donors (Lipinski definition) is 2. The summed E-state index contributed by atoms with van der Waals surface area (Å²) in [5.41, 5.74) is 3.10. The Morgan fingerprint density at radius 1 is 1.17 bits per heavy atom. The quantitative estimate of drug-likeness (QED) is 0.792. The minimum atomic E-state index is -3.18. The second-order valence-electron chi connectivity index (χ2n) is 5.77. The summed E-state index contributed by atoms with van der Waals surface area (Å²) in [4.78, 5) is 0.321.